The van der Waals surface area contributed by atoms with Gasteiger partial charge in [-0.3, -0.25) is 9.69 Å². The van der Waals surface area contributed by atoms with Crippen molar-refractivity contribution in [3.05, 3.63) is 47.3 Å². The lowest BCUT2D eigenvalue weighted by molar-refractivity contribution is 0.0654. The molecule has 2 fully saturated rings. The normalized spacial score (nSPS) is 20.8. The summed E-state index contributed by atoms with van der Waals surface area (Å²) in [4.78, 5) is 17.2. The minimum Gasteiger partial charge on any atom is -0.497 e. The third-order valence-corrected chi connectivity index (χ3v) is 6.65. The maximum Gasteiger partial charge on any atom is 0.292 e. The average molecular weight is 412 g/mol. The Morgan fingerprint density at radius 2 is 2.03 bits per heavy atom. The van der Waals surface area contributed by atoms with Crippen LogP contribution in [0.25, 0.3) is 0 Å². The fourth-order valence-corrected chi connectivity index (χ4v) is 4.86. The van der Waals surface area contributed by atoms with E-state index in [1.807, 2.05) is 30.1 Å². The molecule has 1 saturated carbocycles. The molecule has 30 heavy (non-hydrogen) atoms. The first-order valence-electron chi connectivity index (χ1n) is 11.2. The van der Waals surface area contributed by atoms with Crippen LogP contribution < -0.4 is 4.74 Å². The summed E-state index contributed by atoms with van der Waals surface area (Å²) < 4.78 is 10.8. The molecule has 0 bridgehead atoms. The second-order valence-electron chi connectivity index (χ2n) is 8.75. The molecule has 1 aromatic carbocycles. The predicted octanol–water partition coefficient (Wildman–Crippen LogP) is 4.47. The Kier molecular flexibility index (Phi) is 6.72. The van der Waals surface area contributed by atoms with Gasteiger partial charge >= 0.3 is 0 Å². The van der Waals surface area contributed by atoms with Crippen LogP contribution in [0.1, 0.15) is 72.7 Å². The Balaban J connectivity index is 1.38. The van der Waals surface area contributed by atoms with Crippen LogP contribution in [0.15, 0.2) is 34.9 Å². The number of piperidine rings is 1. The molecule has 0 spiro atoms. The number of carbonyl (C=O) groups is 1. The zero-order valence-electron chi connectivity index (χ0n) is 18.2. The maximum absolute atomic E-state index is 12.9. The van der Waals surface area contributed by atoms with Gasteiger partial charge in [-0.25, -0.2) is 0 Å². The molecule has 6 nitrogen and oxygen atoms in total. The average Bonchev–Trinajstić information content (AvgIpc) is 3.29. The van der Waals surface area contributed by atoms with Crippen molar-refractivity contribution in [3.8, 4) is 5.75 Å². The molecular formula is C24H33N3O3. The van der Waals surface area contributed by atoms with E-state index in [1.165, 1.54) is 24.8 Å². The Hall–Kier alpha value is -2.34. The fourth-order valence-electron chi connectivity index (χ4n) is 4.86. The van der Waals surface area contributed by atoms with Gasteiger partial charge in [0, 0.05) is 38.2 Å². The van der Waals surface area contributed by atoms with Crippen molar-refractivity contribution in [2.75, 3.05) is 27.2 Å². The van der Waals surface area contributed by atoms with E-state index in [4.69, 9.17) is 9.26 Å². The Morgan fingerprint density at radius 1 is 1.20 bits per heavy atom. The van der Waals surface area contributed by atoms with Crippen molar-refractivity contribution in [2.24, 2.45) is 0 Å². The number of ether oxygens (including phenoxy) is 1. The molecule has 2 heterocycles. The Morgan fingerprint density at radius 3 is 2.83 bits per heavy atom. The molecule has 1 atom stereocenters. The van der Waals surface area contributed by atoms with E-state index in [9.17, 15) is 4.79 Å². The lowest BCUT2D eigenvalue weighted by Crippen LogP contribution is -2.38. The summed E-state index contributed by atoms with van der Waals surface area (Å²) in [6.45, 7) is 2.89. The summed E-state index contributed by atoms with van der Waals surface area (Å²) in [6, 6.07) is 10.4. The third-order valence-electron chi connectivity index (χ3n) is 6.65. The largest absolute Gasteiger partial charge is 0.497 e. The smallest absolute Gasteiger partial charge is 0.292 e. The van der Waals surface area contributed by atoms with Crippen molar-refractivity contribution >= 4 is 5.91 Å². The third kappa shape index (κ3) is 4.86. The molecule has 2 aliphatic rings. The lowest BCUT2D eigenvalue weighted by atomic mass is 9.93. The van der Waals surface area contributed by atoms with E-state index < -0.39 is 0 Å². The minimum atomic E-state index is -0.0373. The monoisotopic (exact) mass is 411 g/mol. The van der Waals surface area contributed by atoms with Crippen LogP contribution in [-0.2, 0) is 6.54 Å². The van der Waals surface area contributed by atoms with E-state index in [0.717, 1.165) is 56.8 Å². The van der Waals surface area contributed by atoms with Gasteiger partial charge in [0.25, 0.3) is 5.91 Å². The van der Waals surface area contributed by atoms with Crippen molar-refractivity contribution in [1.82, 2.24) is 15.0 Å². The van der Waals surface area contributed by atoms with Gasteiger partial charge < -0.3 is 14.2 Å². The van der Waals surface area contributed by atoms with Crippen molar-refractivity contribution in [3.63, 3.8) is 0 Å². The van der Waals surface area contributed by atoms with Gasteiger partial charge in [0.1, 0.15) is 5.75 Å². The summed E-state index contributed by atoms with van der Waals surface area (Å²) in [5.41, 5.74) is 2.16. The molecule has 1 aromatic heterocycles. The molecule has 1 aliphatic carbocycles. The fraction of sp³-hybridized carbons (Fsp3) is 0.583. The Labute approximate surface area is 179 Å². The van der Waals surface area contributed by atoms with E-state index in [2.05, 4.69) is 22.2 Å². The number of amides is 1. The summed E-state index contributed by atoms with van der Waals surface area (Å²) in [5.74, 6) is 1.53. The Bertz CT molecular complexity index is 844. The highest BCUT2D eigenvalue weighted by atomic mass is 16.5. The van der Waals surface area contributed by atoms with Gasteiger partial charge in [0.2, 0.25) is 5.76 Å². The summed E-state index contributed by atoms with van der Waals surface area (Å²) in [7, 11) is 3.60. The molecule has 1 aliphatic heterocycles. The predicted molar refractivity (Wildman–Crippen MR) is 116 cm³/mol. The number of hydrogen-bond acceptors (Lipinski definition) is 5. The second-order valence-corrected chi connectivity index (χ2v) is 8.75. The zero-order chi connectivity index (χ0) is 20.9. The van der Waals surface area contributed by atoms with Gasteiger partial charge in [-0.15, -0.1) is 0 Å². The molecule has 1 unspecified atom stereocenters. The van der Waals surface area contributed by atoms with Crippen LogP contribution in [0.5, 0.6) is 5.75 Å². The number of methoxy groups -OCH3 is 1. The SMILES string of the molecule is COc1cccc(CN2CCCC(c3cc(C(=O)N(C)C4CCCCC4)on3)C2)c1. The van der Waals surface area contributed by atoms with E-state index >= 15 is 0 Å². The minimum absolute atomic E-state index is 0.0373. The molecular weight excluding hydrogens is 378 g/mol. The standard InChI is InChI=1S/C24H33N3O3/c1-26(20-10-4-3-5-11-20)24(28)23-15-22(25-30-23)19-9-7-13-27(17-19)16-18-8-6-12-21(14-18)29-2/h6,8,12,14-15,19-20H,3-5,7,9-11,13,16-17H2,1-2H3. The van der Waals surface area contributed by atoms with Crippen molar-refractivity contribution in [1.29, 1.82) is 0 Å². The number of nitrogens with zero attached hydrogens (tertiary/aromatic N) is 3. The molecule has 6 heteroatoms. The molecule has 162 valence electrons. The summed E-state index contributed by atoms with van der Waals surface area (Å²) >= 11 is 0. The first-order chi connectivity index (χ1) is 14.6. The first-order valence-corrected chi connectivity index (χ1v) is 11.2. The molecule has 0 radical (unpaired) electrons. The molecule has 1 amide bonds. The highest BCUT2D eigenvalue weighted by molar-refractivity contribution is 5.91. The zero-order valence-corrected chi connectivity index (χ0v) is 18.2. The van der Waals surface area contributed by atoms with Gasteiger partial charge in [0.15, 0.2) is 0 Å². The molecule has 1 saturated heterocycles. The number of carbonyl (C=O) groups excluding carboxylic acids is 1. The van der Waals surface area contributed by atoms with E-state index in [0.29, 0.717) is 17.7 Å². The topological polar surface area (TPSA) is 58.8 Å². The van der Waals surface area contributed by atoms with Gasteiger partial charge in [-0.1, -0.05) is 36.6 Å². The van der Waals surface area contributed by atoms with E-state index in [1.54, 1.807) is 7.11 Å². The maximum atomic E-state index is 12.9. The van der Waals surface area contributed by atoms with Crippen LogP contribution in [0, 0.1) is 0 Å². The number of benzene rings is 1. The number of likely N-dealkylation sites (tertiary alicyclic amines) is 1. The molecule has 0 N–H and O–H groups in total. The first kappa shape index (κ1) is 20.9. The van der Waals surface area contributed by atoms with Crippen LogP contribution in [-0.4, -0.2) is 54.2 Å². The van der Waals surface area contributed by atoms with E-state index in [-0.39, 0.29) is 5.91 Å². The number of aromatic nitrogens is 1. The van der Waals surface area contributed by atoms with Gasteiger partial charge in [-0.2, -0.15) is 0 Å². The highest BCUT2D eigenvalue weighted by Crippen LogP contribution is 2.29. The highest BCUT2D eigenvalue weighted by Gasteiger charge is 2.28. The van der Waals surface area contributed by atoms with Gasteiger partial charge in [-0.05, 0) is 49.9 Å². The summed E-state index contributed by atoms with van der Waals surface area (Å²) in [6.07, 6.45) is 8.05. The van der Waals surface area contributed by atoms with Crippen LogP contribution in [0.2, 0.25) is 0 Å². The lowest BCUT2D eigenvalue weighted by Gasteiger charge is -2.31. The molecule has 4 rings (SSSR count). The summed E-state index contributed by atoms with van der Waals surface area (Å²) in [5, 5.41) is 4.29. The second kappa shape index (κ2) is 9.65. The quantitative estimate of drug-likeness (QED) is 0.702. The van der Waals surface area contributed by atoms with Gasteiger partial charge in [0.05, 0.1) is 12.8 Å². The van der Waals surface area contributed by atoms with Crippen LogP contribution in [0.3, 0.4) is 0 Å². The van der Waals surface area contributed by atoms with Crippen molar-refractivity contribution < 1.29 is 14.1 Å². The number of rotatable bonds is 6. The number of hydrogen-bond donors (Lipinski definition) is 0. The molecule has 2 aromatic rings. The van der Waals surface area contributed by atoms with Crippen LogP contribution >= 0.6 is 0 Å². The van der Waals surface area contributed by atoms with Crippen molar-refractivity contribution in [2.45, 2.75) is 63.5 Å². The van der Waals surface area contributed by atoms with Crippen LogP contribution in [0.4, 0.5) is 0 Å².